The van der Waals surface area contributed by atoms with Crippen molar-refractivity contribution in [2.75, 3.05) is 6.54 Å². The Morgan fingerprint density at radius 1 is 0.955 bits per heavy atom. The highest BCUT2D eigenvalue weighted by Crippen LogP contribution is 2.24. The minimum atomic E-state index is -1.06. The molecule has 5 atom stereocenters. The van der Waals surface area contributed by atoms with Gasteiger partial charge in [0.15, 0.2) is 0 Å². The number of rotatable bonds is 11. The molecule has 0 saturated carbocycles. The number of unbranched alkanes of at least 4 members (excludes halogenated alkanes) is 2. The predicted molar refractivity (Wildman–Crippen MR) is 166 cm³/mol. The van der Waals surface area contributed by atoms with Crippen molar-refractivity contribution < 1.29 is 29.2 Å². The van der Waals surface area contributed by atoms with Crippen molar-refractivity contribution in [3.05, 3.63) is 36.0 Å². The van der Waals surface area contributed by atoms with E-state index in [1.54, 1.807) is 17.0 Å². The summed E-state index contributed by atoms with van der Waals surface area (Å²) in [5, 5.41) is 19.9. The van der Waals surface area contributed by atoms with Crippen molar-refractivity contribution in [3.8, 4) is 0 Å². The second-order valence-corrected chi connectivity index (χ2v) is 12.2. The first kappa shape index (κ1) is 33.0. The molecule has 0 spiro atoms. The van der Waals surface area contributed by atoms with Crippen molar-refractivity contribution in [3.63, 3.8) is 0 Å². The summed E-state index contributed by atoms with van der Waals surface area (Å²) in [5.41, 5.74) is 1.22. The fourth-order valence-corrected chi connectivity index (χ4v) is 6.26. The van der Waals surface area contributed by atoms with Crippen LogP contribution < -0.4 is 16.0 Å². The van der Waals surface area contributed by atoms with Gasteiger partial charge in [-0.15, -0.1) is 0 Å². The number of fused-ring (bicyclic) bond motifs is 2. The number of hydrogen-bond acceptors (Lipinski definition) is 6. The fraction of sp³-hybridized carbons (Fsp3) is 0.606. The first-order valence-corrected chi connectivity index (χ1v) is 16.2. The van der Waals surface area contributed by atoms with Crippen molar-refractivity contribution >= 4 is 40.3 Å². The second kappa shape index (κ2) is 15.2. The van der Waals surface area contributed by atoms with E-state index >= 15 is 0 Å². The molecule has 0 aliphatic carbocycles. The Morgan fingerprint density at radius 2 is 1.70 bits per heavy atom. The van der Waals surface area contributed by atoms with Gasteiger partial charge in [-0.25, -0.2) is 0 Å². The number of carbonyl (C=O) groups excluding carboxylic acids is 5. The van der Waals surface area contributed by atoms with E-state index in [0.717, 1.165) is 29.4 Å². The summed E-state index contributed by atoms with van der Waals surface area (Å²) in [6, 6.07) is 3.66. The van der Waals surface area contributed by atoms with Gasteiger partial charge in [-0.2, -0.15) is 4.73 Å². The quantitative estimate of drug-likeness (QED) is 0.227. The number of carbonyl (C=O) groups is 5. The lowest BCUT2D eigenvalue weighted by Gasteiger charge is -2.39. The average molecular weight is 610 g/mol. The van der Waals surface area contributed by atoms with Crippen LogP contribution in [0.3, 0.4) is 0 Å². The number of amides is 4. The molecule has 1 unspecified atom stereocenters. The van der Waals surface area contributed by atoms with E-state index in [-0.39, 0.29) is 29.9 Å². The van der Waals surface area contributed by atoms with Gasteiger partial charge < -0.3 is 26.1 Å². The van der Waals surface area contributed by atoms with Gasteiger partial charge in [-0.1, -0.05) is 58.2 Å². The summed E-state index contributed by atoms with van der Waals surface area (Å²) >= 11 is 0. The molecule has 1 aromatic heterocycles. The van der Waals surface area contributed by atoms with Gasteiger partial charge in [-0.05, 0) is 49.7 Å². The van der Waals surface area contributed by atoms with Crippen molar-refractivity contribution in [2.45, 2.75) is 116 Å². The highest BCUT2D eigenvalue weighted by atomic mass is 16.5. The van der Waals surface area contributed by atoms with Crippen LogP contribution in [-0.4, -0.2) is 75.0 Å². The number of Topliss-reactive ketones (excluding diaryl/α,β-unsaturated/α-hetero) is 1. The van der Waals surface area contributed by atoms with Crippen molar-refractivity contribution in [1.29, 1.82) is 0 Å². The molecule has 44 heavy (non-hydrogen) atoms. The molecule has 11 nitrogen and oxygen atoms in total. The average Bonchev–Trinajstić information content (AvgIpc) is 3.35. The summed E-state index contributed by atoms with van der Waals surface area (Å²) in [5.74, 6) is -1.66. The molecule has 4 rings (SSSR count). The lowest BCUT2D eigenvalue weighted by atomic mass is 9.94. The number of aromatic nitrogens is 1. The summed E-state index contributed by atoms with van der Waals surface area (Å²) in [6.45, 7) is 6.04. The van der Waals surface area contributed by atoms with Crippen LogP contribution in [0.5, 0.6) is 0 Å². The first-order valence-electron chi connectivity index (χ1n) is 16.2. The molecule has 2 aromatic rings. The molecule has 4 N–H and O–H groups in total. The van der Waals surface area contributed by atoms with E-state index < -0.39 is 36.0 Å². The number of nitrogens with zero attached hydrogens (tertiary/aromatic N) is 2. The zero-order valence-electron chi connectivity index (χ0n) is 26.1. The minimum absolute atomic E-state index is 0.0686. The van der Waals surface area contributed by atoms with Gasteiger partial charge in [0.1, 0.15) is 30.0 Å². The lowest BCUT2D eigenvalue weighted by Crippen LogP contribution is -2.64. The maximum absolute atomic E-state index is 14.0. The number of ketones is 1. The third kappa shape index (κ3) is 7.78. The van der Waals surface area contributed by atoms with Crippen molar-refractivity contribution in [2.24, 2.45) is 5.92 Å². The van der Waals surface area contributed by atoms with Gasteiger partial charge in [-0.3, -0.25) is 24.0 Å². The summed E-state index contributed by atoms with van der Waals surface area (Å²) < 4.78 is 0.994. The summed E-state index contributed by atoms with van der Waals surface area (Å²) in [4.78, 5) is 68.7. The van der Waals surface area contributed by atoms with Crippen molar-refractivity contribution in [1.82, 2.24) is 25.6 Å². The normalized spacial score (nSPS) is 24.0. The Hall–Kier alpha value is -3.89. The van der Waals surface area contributed by atoms with Crippen LogP contribution in [0.2, 0.25) is 0 Å². The zero-order chi connectivity index (χ0) is 31.8. The second-order valence-electron chi connectivity index (χ2n) is 12.2. The number of piperidine rings is 1. The van der Waals surface area contributed by atoms with E-state index in [1.165, 1.54) is 6.20 Å². The monoisotopic (exact) mass is 609 g/mol. The Kier molecular flexibility index (Phi) is 11.4. The number of para-hydroxylation sites is 1. The largest absolute Gasteiger partial charge is 0.428 e. The van der Waals surface area contributed by atoms with Gasteiger partial charge >= 0.3 is 0 Å². The highest BCUT2D eigenvalue weighted by Gasteiger charge is 2.40. The minimum Gasteiger partial charge on any atom is -0.428 e. The number of benzene rings is 1. The van der Waals surface area contributed by atoms with Crippen LogP contribution in [0.15, 0.2) is 30.5 Å². The molecular weight excluding hydrogens is 562 g/mol. The van der Waals surface area contributed by atoms with Crippen LogP contribution in [0.25, 0.3) is 10.9 Å². The smallest absolute Gasteiger partial charge is 0.245 e. The first-order chi connectivity index (χ1) is 21.1. The molecule has 3 heterocycles. The third-order valence-electron chi connectivity index (χ3n) is 9.17. The maximum Gasteiger partial charge on any atom is 0.245 e. The molecule has 2 aliphatic heterocycles. The van der Waals surface area contributed by atoms with Gasteiger partial charge in [0.25, 0.3) is 0 Å². The van der Waals surface area contributed by atoms with Gasteiger partial charge in [0.2, 0.25) is 23.6 Å². The molecule has 2 fully saturated rings. The van der Waals surface area contributed by atoms with E-state index in [9.17, 15) is 29.2 Å². The van der Waals surface area contributed by atoms with E-state index in [4.69, 9.17) is 0 Å². The zero-order valence-corrected chi connectivity index (χ0v) is 26.1. The Labute approximate surface area is 259 Å². The molecule has 240 valence electrons. The van der Waals surface area contributed by atoms with Gasteiger partial charge in [0.05, 0.1) is 5.52 Å². The molecular formula is C33H47N5O6. The van der Waals surface area contributed by atoms with Gasteiger partial charge in [0, 0.05) is 37.4 Å². The Balaban J connectivity index is 1.66. The summed E-state index contributed by atoms with van der Waals surface area (Å²) in [6.07, 6.45) is 7.60. The Bertz CT molecular complexity index is 1360. The van der Waals surface area contributed by atoms with E-state index in [0.29, 0.717) is 62.6 Å². The van der Waals surface area contributed by atoms with Crippen LogP contribution in [0.1, 0.15) is 90.5 Å². The molecule has 11 heteroatoms. The Morgan fingerprint density at radius 3 is 2.45 bits per heavy atom. The SMILES string of the molecule is CCC(=O)CCCCC[C@@H]1NC(=O)[C@H](Cc2cn(O)c3ccccc23)NC(=O)[C@H](C(C)CC)NC(=O)[C@@H]2CCCCN2C1=O. The molecule has 1 aromatic carbocycles. The molecule has 2 saturated heterocycles. The molecule has 2 aliphatic rings. The fourth-order valence-electron chi connectivity index (χ4n) is 6.26. The molecule has 0 radical (unpaired) electrons. The topological polar surface area (TPSA) is 150 Å². The van der Waals surface area contributed by atoms with Crippen LogP contribution in [0.4, 0.5) is 0 Å². The summed E-state index contributed by atoms with van der Waals surface area (Å²) in [7, 11) is 0. The van der Waals surface area contributed by atoms with E-state index in [1.807, 2.05) is 32.9 Å². The van der Waals surface area contributed by atoms with Crippen LogP contribution >= 0.6 is 0 Å². The predicted octanol–water partition coefficient (Wildman–Crippen LogP) is 3.25. The standard InChI is InChI=1S/C33H47N5O6/c1-4-21(3)29-32(42)35-26(19-22-20-38(44)27-16-10-9-14-24(22)27)30(40)34-25(15-8-6-7-13-23(39)5-2)33(43)37-18-12-11-17-28(37)31(41)36-29/h9-10,14,16,20-21,25-26,28-29,44H,4-8,11-13,15,17-19H2,1-3H3,(H,34,40)(H,35,42)(H,36,41)/t21?,25-,26-,28-,29-/m0/s1. The third-order valence-corrected chi connectivity index (χ3v) is 9.17. The number of hydrogen-bond donors (Lipinski definition) is 4. The highest BCUT2D eigenvalue weighted by molar-refractivity contribution is 5.98. The van der Waals surface area contributed by atoms with E-state index in [2.05, 4.69) is 16.0 Å². The lowest BCUT2D eigenvalue weighted by molar-refractivity contribution is -0.147. The number of nitrogens with one attached hydrogen (secondary N) is 3. The van der Waals surface area contributed by atoms with Crippen LogP contribution in [-0.2, 0) is 30.4 Å². The molecule has 0 bridgehead atoms. The maximum atomic E-state index is 14.0. The van der Waals surface area contributed by atoms with Crippen LogP contribution in [0, 0.1) is 5.92 Å². The molecule has 4 amide bonds.